The van der Waals surface area contributed by atoms with Crippen molar-refractivity contribution in [1.82, 2.24) is 10.6 Å². The van der Waals surface area contributed by atoms with Crippen molar-refractivity contribution in [3.63, 3.8) is 0 Å². The summed E-state index contributed by atoms with van der Waals surface area (Å²) in [5.41, 5.74) is 1.23. The van der Waals surface area contributed by atoms with E-state index in [1.165, 1.54) is 6.07 Å². The van der Waals surface area contributed by atoms with Gasteiger partial charge in [-0.1, -0.05) is 6.07 Å². The third-order valence-corrected chi connectivity index (χ3v) is 2.88. The normalized spacial score (nSPS) is 11.8. The van der Waals surface area contributed by atoms with Crippen LogP contribution in [0.1, 0.15) is 26.3 Å². The lowest BCUT2D eigenvalue weighted by atomic mass is 10.1. The number of hydrogen-bond acceptors (Lipinski definition) is 2. The molecule has 0 aliphatic rings. The zero-order valence-electron chi connectivity index (χ0n) is 10.6. The lowest BCUT2D eigenvalue weighted by Crippen LogP contribution is -2.40. The van der Waals surface area contributed by atoms with Crippen molar-refractivity contribution in [3.05, 3.63) is 34.1 Å². The van der Waals surface area contributed by atoms with Crippen LogP contribution in [0.3, 0.4) is 0 Å². The summed E-state index contributed by atoms with van der Waals surface area (Å²) >= 11 is 3.18. The highest BCUT2D eigenvalue weighted by molar-refractivity contribution is 9.10. The van der Waals surface area contributed by atoms with Gasteiger partial charge < -0.3 is 10.6 Å². The number of rotatable bonds is 5. The van der Waals surface area contributed by atoms with Gasteiger partial charge in [0.1, 0.15) is 5.82 Å². The van der Waals surface area contributed by atoms with Crippen molar-refractivity contribution in [1.29, 1.82) is 0 Å². The van der Waals surface area contributed by atoms with Crippen LogP contribution in [0.15, 0.2) is 22.7 Å². The van der Waals surface area contributed by atoms with Gasteiger partial charge in [0.2, 0.25) is 0 Å². The molecular formula is C13H20BrFN2. The maximum Gasteiger partial charge on any atom is 0.137 e. The highest BCUT2D eigenvalue weighted by Crippen LogP contribution is 2.16. The van der Waals surface area contributed by atoms with E-state index >= 15 is 0 Å². The minimum absolute atomic E-state index is 0.153. The molecule has 2 N–H and O–H groups in total. The minimum Gasteiger partial charge on any atom is -0.311 e. The highest BCUT2D eigenvalue weighted by Gasteiger charge is 2.06. The molecule has 0 saturated heterocycles. The lowest BCUT2D eigenvalue weighted by molar-refractivity contribution is 0.421. The molecule has 0 bridgehead atoms. The van der Waals surface area contributed by atoms with E-state index in [4.69, 9.17) is 0 Å². The van der Waals surface area contributed by atoms with Crippen LogP contribution in [0.4, 0.5) is 4.39 Å². The van der Waals surface area contributed by atoms with Crippen LogP contribution in [0.5, 0.6) is 0 Å². The molecule has 0 atom stereocenters. The van der Waals surface area contributed by atoms with Gasteiger partial charge in [-0.2, -0.15) is 0 Å². The van der Waals surface area contributed by atoms with E-state index in [2.05, 4.69) is 47.3 Å². The third kappa shape index (κ3) is 6.15. The predicted octanol–water partition coefficient (Wildman–Crippen LogP) is 3.07. The van der Waals surface area contributed by atoms with Crippen LogP contribution in [0.25, 0.3) is 0 Å². The molecule has 96 valence electrons. The quantitative estimate of drug-likeness (QED) is 0.817. The fourth-order valence-corrected chi connectivity index (χ4v) is 1.83. The predicted molar refractivity (Wildman–Crippen MR) is 73.6 cm³/mol. The van der Waals surface area contributed by atoms with Crippen molar-refractivity contribution >= 4 is 15.9 Å². The van der Waals surface area contributed by atoms with Gasteiger partial charge in [0.25, 0.3) is 0 Å². The number of nitrogens with one attached hydrogen (secondary N) is 2. The average Bonchev–Trinajstić information content (AvgIpc) is 2.21. The lowest BCUT2D eigenvalue weighted by Gasteiger charge is -2.20. The van der Waals surface area contributed by atoms with Gasteiger partial charge in [-0.3, -0.25) is 0 Å². The minimum atomic E-state index is -0.219. The Kier molecular flexibility index (Phi) is 5.56. The summed E-state index contributed by atoms with van der Waals surface area (Å²) in [5, 5.41) is 6.71. The second-order valence-electron chi connectivity index (χ2n) is 5.10. The maximum atomic E-state index is 13.0. The van der Waals surface area contributed by atoms with Crippen molar-refractivity contribution in [2.75, 3.05) is 13.1 Å². The first kappa shape index (κ1) is 14.6. The molecule has 1 aromatic carbocycles. The average molecular weight is 303 g/mol. The zero-order valence-corrected chi connectivity index (χ0v) is 12.2. The second kappa shape index (κ2) is 6.47. The summed E-state index contributed by atoms with van der Waals surface area (Å²) < 4.78 is 13.5. The monoisotopic (exact) mass is 302 g/mol. The molecule has 4 heteroatoms. The van der Waals surface area contributed by atoms with E-state index in [0.29, 0.717) is 4.47 Å². The Morgan fingerprint density at radius 1 is 1.24 bits per heavy atom. The van der Waals surface area contributed by atoms with Gasteiger partial charge in [-0.05, 0) is 54.4 Å². The van der Waals surface area contributed by atoms with Gasteiger partial charge in [-0.15, -0.1) is 0 Å². The summed E-state index contributed by atoms with van der Waals surface area (Å²) in [6.07, 6.45) is 0. The van der Waals surface area contributed by atoms with Crippen molar-refractivity contribution in [3.8, 4) is 0 Å². The fourth-order valence-electron chi connectivity index (χ4n) is 1.41. The molecule has 0 heterocycles. The molecule has 0 fully saturated rings. The highest BCUT2D eigenvalue weighted by atomic mass is 79.9. The van der Waals surface area contributed by atoms with E-state index in [1.807, 2.05) is 0 Å². The zero-order chi connectivity index (χ0) is 12.9. The summed E-state index contributed by atoms with van der Waals surface area (Å²) in [6.45, 7) is 9.00. The van der Waals surface area contributed by atoms with Gasteiger partial charge in [0.15, 0.2) is 0 Å². The summed E-state index contributed by atoms with van der Waals surface area (Å²) in [7, 11) is 0. The molecular weight excluding hydrogens is 283 g/mol. The van der Waals surface area contributed by atoms with Crippen molar-refractivity contribution in [2.45, 2.75) is 32.9 Å². The molecule has 17 heavy (non-hydrogen) atoms. The molecule has 0 amide bonds. The molecule has 2 nitrogen and oxygen atoms in total. The van der Waals surface area contributed by atoms with Crippen LogP contribution in [0.2, 0.25) is 0 Å². The van der Waals surface area contributed by atoms with Gasteiger partial charge >= 0.3 is 0 Å². The van der Waals surface area contributed by atoms with Crippen LogP contribution < -0.4 is 10.6 Å². The van der Waals surface area contributed by atoms with Gasteiger partial charge in [-0.25, -0.2) is 4.39 Å². The van der Waals surface area contributed by atoms with Crippen LogP contribution >= 0.6 is 15.9 Å². The van der Waals surface area contributed by atoms with Crippen molar-refractivity contribution in [2.24, 2.45) is 0 Å². The molecule has 0 aliphatic heterocycles. The summed E-state index contributed by atoms with van der Waals surface area (Å²) in [4.78, 5) is 0. The molecule has 0 spiro atoms. The second-order valence-corrected chi connectivity index (χ2v) is 5.96. The largest absolute Gasteiger partial charge is 0.311 e. The SMILES string of the molecule is CC(C)(C)NCCNCc1ccc(F)c(Br)c1. The Hall–Kier alpha value is -0.450. The maximum absolute atomic E-state index is 13.0. The summed E-state index contributed by atoms with van der Waals surface area (Å²) in [5.74, 6) is -0.219. The molecule has 0 aliphatic carbocycles. The Bertz CT molecular complexity index is 361. The third-order valence-electron chi connectivity index (χ3n) is 2.27. The fraction of sp³-hybridized carbons (Fsp3) is 0.538. The first-order valence-electron chi connectivity index (χ1n) is 5.78. The van der Waals surface area contributed by atoms with E-state index in [0.717, 1.165) is 25.2 Å². The molecule has 1 rings (SSSR count). The van der Waals surface area contributed by atoms with Crippen molar-refractivity contribution < 1.29 is 4.39 Å². The Morgan fingerprint density at radius 3 is 2.53 bits per heavy atom. The standard InChI is InChI=1S/C13H20BrFN2/c1-13(2,3)17-7-6-16-9-10-4-5-12(15)11(14)8-10/h4-5,8,16-17H,6-7,9H2,1-3H3. The van der Waals surface area contributed by atoms with E-state index < -0.39 is 0 Å². The van der Waals surface area contributed by atoms with E-state index in [1.54, 1.807) is 12.1 Å². The first-order valence-corrected chi connectivity index (χ1v) is 6.57. The summed E-state index contributed by atoms with van der Waals surface area (Å²) in [6, 6.07) is 5.08. The van der Waals surface area contributed by atoms with E-state index in [9.17, 15) is 4.39 Å². The smallest absolute Gasteiger partial charge is 0.137 e. The molecule has 0 aromatic heterocycles. The molecule has 1 aromatic rings. The Morgan fingerprint density at radius 2 is 1.94 bits per heavy atom. The van der Waals surface area contributed by atoms with Crippen LogP contribution in [0, 0.1) is 5.82 Å². The Labute approximate surface area is 111 Å². The number of halogens is 2. The molecule has 0 saturated carbocycles. The van der Waals surface area contributed by atoms with E-state index in [-0.39, 0.29) is 11.4 Å². The topological polar surface area (TPSA) is 24.1 Å². The Balaban J connectivity index is 2.25. The first-order chi connectivity index (χ1) is 7.88. The number of benzene rings is 1. The van der Waals surface area contributed by atoms with Crippen LogP contribution in [-0.2, 0) is 6.54 Å². The number of hydrogen-bond donors (Lipinski definition) is 2. The van der Waals surface area contributed by atoms with Gasteiger partial charge in [0, 0.05) is 25.2 Å². The molecule has 0 unspecified atom stereocenters. The van der Waals surface area contributed by atoms with Gasteiger partial charge in [0.05, 0.1) is 4.47 Å². The van der Waals surface area contributed by atoms with Crippen LogP contribution in [-0.4, -0.2) is 18.6 Å². The molecule has 0 radical (unpaired) electrons.